The Bertz CT molecular complexity index is 567. The van der Waals surface area contributed by atoms with Gasteiger partial charge >= 0.3 is 0 Å². The van der Waals surface area contributed by atoms with Crippen molar-refractivity contribution in [3.63, 3.8) is 0 Å². The van der Waals surface area contributed by atoms with Crippen LogP contribution in [-0.2, 0) is 6.42 Å². The van der Waals surface area contributed by atoms with E-state index in [1.807, 2.05) is 0 Å². The minimum absolute atomic E-state index is 0. The normalized spacial score (nSPS) is 15.9. The van der Waals surface area contributed by atoms with Crippen molar-refractivity contribution < 1.29 is 0 Å². The smallest absolute Gasteiger partial charge is 0.0146 e. The molecule has 1 heteroatoms. The molecule has 3 rings (SSSR count). The number of benzene rings is 2. The molecule has 1 fully saturated rings. The molecule has 0 N–H and O–H groups in total. The van der Waals surface area contributed by atoms with E-state index in [2.05, 4.69) is 43.3 Å². The van der Waals surface area contributed by atoms with Crippen LogP contribution >= 0.6 is 9.90 Å². The Morgan fingerprint density at radius 1 is 0.952 bits per heavy atom. The number of hydrogen-bond acceptors (Lipinski definition) is 0. The van der Waals surface area contributed by atoms with Gasteiger partial charge in [-0.1, -0.05) is 69.0 Å². The molecule has 0 spiro atoms. The molecule has 114 valence electrons. The maximum atomic E-state index is 2.40. The van der Waals surface area contributed by atoms with Crippen LogP contribution in [0.25, 0.3) is 10.8 Å². The van der Waals surface area contributed by atoms with Crippen molar-refractivity contribution in [2.45, 2.75) is 64.2 Å². The first kappa shape index (κ1) is 16.5. The quantitative estimate of drug-likeness (QED) is 0.582. The van der Waals surface area contributed by atoms with E-state index >= 15 is 0 Å². The first-order chi connectivity index (χ1) is 9.90. The number of aryl methyl sites for hydroxylation is 1. The van der Waals surface area contributed by atoms with E-state index in [0.29, 0.717) is 0 Å². The molecule has 1 aliphatic rings. The van der Waals surface area contributed by atoms with Crippen LogP contribution in [0.2, 0.25) is 0 Å². The predicted molar refractivity (Wildman–Crippen MR) is 99.5 cm³/mol. The van der Waals surface area contributed by atoms with Crippen LogP contribution < -0.4 is 0 Å². The van der Waals surface area contributed by atoms with Gasteiger partial charge in [-0.2, -0.15) is 9.90 Å². The summed E-state index contributed by atoms with van der Waals surface area (Å²) in [5.41, 5.74) is 3.31. The van der Waals surface area contributed by atoms with Crippen molar-refractivity contribution in [1.29, 1.82) is 0 Å². The highest BCUT2D eigenvalue weighted by Crippen LogP contribution is 2.38. The number of fused-ring (bicyclic) bond motifs is 1. The Hall–Kier alpha value is -0.870. The van der Waals surface area contributed by atoms with E-state index in [9.17, 15) is 0 Å². The van der Waals surface area contributed by atoms with Crippen LogP contribution in [0.4, 0.5) is 0 Å². The highest BCUT2D eigenvalue weighted by molar-refractivity contribution is 6.92. The van der Waals surface area contributed by atoms with Crippen molar-refractivity contribution in [2.24, 2.45) is 0 Å². The molecule has 0 nitrogen and oxygen atoms in total. The van der Waals surface area contributed by atoms with E-state index in [4.69, 9.17) is 0 Å². The molecule has 0 saturated heterocycles. The second kappa shape index (κ2) is 7.95. The summed E-state index contributed by atoms with van der Waals surface area (Å²) in [6.07, 6.45) is 10.9. The molecule has 2 aromatic rings. The Balaban J connectivity index is 0.00000161. The first-order valence-corrected chi connectivity index (χ1v) is 8.40. The van der Waals surface area contributed by atoms with Gasteiger partial charge in [-0.05, 0) is 53.5 Å². The predicted octanol–water partition coefficient (Wildman–Crippen LogP) is 6.29. The second-order valence-electron chi connectivity index (χ2n) is 6.30. The lowest BCUT2D eigenvalue weighted by Gasteiger charge is -2.26. The molecule has 21 heavy (non-hydrogen) atoms. The Labute approximate surface area is 133 Å². The Morgan fingerprint density at radius 3 is 2.48 bits per heavy atom. The van der Waals surface area contributed by atoms with E-state index in [1.54, 1.807) is 11.1 Å². The maximum Gasteiger partial charge on any atom is -0.0146 e. The third kappa shape index (κ3) is 3.67. The molecule has 1 unspecified atom stereocenters. The molecule has 1 saturated carbocycles. The lowest BCUT2D eigenvalue weighted by Crippen LogP contribution is -2.08. The molecule has 0 amide bonds. The zero-order valence-electron chi connectivity index (χ0n) is 13.4. The summed E-state index contributed by atoms with van der Waals surface area (Å²) in [7, 11) is 0. The summed E-state index contributed by atoms with van der Waals surface area (Å²) in [6.45, 7) is 2.29. The van der Waals surface area contributed by atoms with E-state index in [-0.39, 0.29) is 9.90 Å². The average molecular weight is 300 g/mol. The summed E-state index contributed by atoms with van der Waals surface area (Å²) >= 11 is 0. The third-order valence-electron chi connectivity index (χ3n) is 4.87. The van der Waals surface area contributed by atoms with Gasteiger partial charge < -0.3 is 0 Å². The molecule has 0 aliphatic heterocycles. The molecule has 0 heterocycles. The summed E-state index contributed by atoms with van der Waals surface area (Å²) in [5.74, 6) is 0.807. The Kier molecular flexibility index (Phi) is 6.24. The third-order valence-corrected chi connectivity index (χ3v) is 4.87. The molecule has 0 radical (unpaired) electrons. The van der Waals surface area contributed by atoms with Gasteiger partial charge in [0, 0.05) is 0 Å². The summed E-state index contributed by atoms with van der Waals surface area (Å²) in [6, 6.07) is 13.7. The van der Waals surface area contributed by atoms with Gasteiger partial charge in [0.25, 0.3) is 0 Å². The van der Waals surface area contributed by atoms with E-state index in [0.717, 1.165) is 5.92 Å². The van der Waals surface area contributed by atoms with Gasteiger partial charge in [0.1, 0.15) is 0 Å². The minimum atomic E-state index is 0. The van der Waals surface area contributed by atoms with Gasteiger partial charge in [-0.3, -0.25) is 0 Å². The van der Waals surface area contributed by atoms with Crippen LogP contribution in [0.15, 0.2) is 36.4 Å². The van der Waals surface area contributed by atoms with Gasteiger partial charge in [0.2, 0.25) is 0 Å². The monoisotopic (exact) mass is 300 g/mol. The van der Waals surface area contributed by atoms with Crippen molar-refractivity contribution in [1.82, 2.24) is 0 Å². The SMILES string of the molecule is CCCCc1ccc2ccccc2c1C1CCCCC1.P. The lowest BCUT2D eigenvalue weighted by molar-refractivity contribution is 0.443. The molecule has 0 bridgehead atoms. The Morgan fingerprint density at radius 2 is 1.71 bits per heavy atom. The molecule has 1 atom stereocenters. The lowest BCUT2D eigenvalue weighted by atomic mass is 9.79. The van der Waals surface area contributed by atoms with E-state index < -0.39 is 0 Å². The molecule has 0 aromatic heterocycles. The van der Waals surface area contributed by atoms with Gasteiger partial charge in [-0.15, -0.1) is 0 Å². The number of rotatable bonds is 4. The molecule has 1 aliphatic carbocycles. The van der Waals surface area contributed by atoms with Crippen LogP contribution in [0.3, 0.4) is 0 Å². The van der Waals surface area contributed by atoms with Gasteiger partial charge in [-0.25, -0.2) is 0 Å². The summed E-state index contributed by atoms with van der Waals surface area (Å²) < 4.78 is 0. The molecular formula is C20H29P. The van der Waals surface area contributed by atoms with Crippen LogP contribution in [-0.4, -0.2) is 0 Å². The first-order valence-electron chi connectivity index (χ1n) is 8.40. The molecule has 2 aromatic carbocycles. The van der Waals surface area contributed by atoms with Crippen LogP contribution in [0, 0.1) is 0 Å². The fraction of sp³-hybridized carbons (Fsp3) is 0.500. The van der Waals surface area contributed by atoms with Crippen LogP contribution in [0.1, 0.15) is 68.9 Å². The summed E-state index contributed by atoms with van der Waals surface area (Å²) in [5, 5.41) is 2.95. The van der Waals surface area contributed by atoms with Gasteiger partial charge in [0.15, 0.2) is 0 Å². The van der Waals surface area contributed by atoms with Crippen molar-refractivity contribution >= 4 is 20.7 Å². The average Bonchev–Trinajstić information content (AvgIpc) is 2.53. The van der Waals surface area contributed by atoms with Crippen molar-refractivity contribution in [3.8, 4) is 0 Å². The maximum absolute atomic E-state index is 2.40. The highest BCUT2D eigenvalue weighted by atomic mass is 31.0. The number of unbranched alkanes of at least 4 members (excludes halogenated alkanes) is 1. The second-order valence-corrected chi connectivity index (χ2v) is 6.30. The van der Waals surface area contributed by atoms with Gasteiger partial charge in [0.05, 0.1) is 0 Å². The zero-order valence-corrected chi connectivity index (χ0v) is 14.8. The molecular weight excluding hydrogens is 271 g/mol. The highest BCUT2D eigenvalue weighted by Gasteiger charge is 2.20. The fourth-order valence-corrected chi connectivity index (χ4v) is 3.80. The van der Waals surface area contributed by atoms with E-state index in [1.165, 1.54) is 62.1 Å². The number of hydrogen-bond donors (Lipinski definition) is 0. The minimum Gasteiger partial charge on any atom is -0.153 e. The topological polar surface area (TPSA) is 0 Å². The fourth-order valence-electron chi connectivity index (χ4n) is 3.80. The standard InChI is InChI=1S/C20H26.H3P/c1-2-3-9-18-15-14-16-10-7-8-13-19(16)20(18)17-11-5-4-6-12-17;/h7-8,10,13-15,17H,2-6,9,11-12H2,1H3;1H3. The van der Waals surface area contributed by atoms with Crippen LogP contribution in [0.5, 0.6) is 0 Å². The largest absolute Gasteiger partial charge is 0.153 e. The summed E-state index contributed by atoms with van der Waals surface area (Å²) in [4.78, 5) is 0. The van der Waals surface area contributed by atoms with Crippen molar-refractivity contribution in [3.05, 3.63) is 47.5 Å². The van der Waals surface area contributed by atoms with Crippen molar-refractivity contribution in [2.75, 3.05) is 0 Å². The zero-order chi connectivity index (χ0) is 13.8.